The minimum atomic E-state index is -0.504. The second-order valence-electron chi connectivity index (χ2n) is 3.47. The van der Waals surface area contributed by atoms with Crippen LogP contribution in [0.2, 0.25) is 0 Å². The van der Waals surface area contributed by atoms with E-state index in [1.54, 1.807) is 0 Å². The Morgan fingerprint density at radius 2 is 2.25 bits per heavy atom. The Kier molecular flexibility index (Phi) is 3.05. The van der Waals surface area contributed by atoms with Crippen LogP contribution in [-0.4, -0.2) is 36.5 Å². The number of nitrogens with zero attached hydrogens (tertiary/aromatic N) is 1. The summed E-state index contributed by atoms with van der Waals surface area (Å²) in [4.78, 5) is 12.9. The Hall–Kier alpha value is -0.610. The van der Waals surface area contributed by atoms with E-state index < -0.39 is 11.9 Å². The van der Waals surface area contributed by atoms with E-state index in [0.29, 0.717) is 0 Å². The lowest BCUT2D eigenvalue weighted by Gasteiger charge is -2.34. The molecule has 0 saturated carbocycles. The predicted octanol–water partition coefficient (Wildman–Crippen LogP) is -0.717. The summed E-state index contributed by atoms with van der Waals surface area (Å²) in [6.45, 7) is 1.02. The van der Waals surface area contributed by atoms with Gasteiger partial charge in [0.2, 0.25) is 5.91 Å². The van der Waals surface area contributed by atoms with E-state index in [2.05, 4.69) is 4.90 Å². The summed E-state index contributed by atoms with van der Waals surface area (Å²) in [5.74, 6) is -0.395. The fourth-order valence-electron chi connectivity index (χ4n) is 1.74. The summed E-state index contributed by atoms with van der Waals surface area (Å²) < 4.78 is 0. The van der Waals surface area contributed by atoms with Gasteiger partial charge >= 0.3 is 0 Å². The van der Waals surface area contributed by atoms with Crippen molar-refractivity contribution in [2.75, 3.05) is 13.6 Å². The van der Waals surface area contributed by atoms with Gasteiger partial charge in [0.25, 0.3) is 0 Å². The first kappa shape index (κ1) is 9.48. The molecule has 1 amide bonds. The second kappa shape index (κ2) is 3.87. The molecule has 4 heteroatoms. The van der Waals surface area contributed by atoms with E-state index in [0.717, 1.165) is 19.4 Å². The van der Waals surface area contributed by atoms with Gasteiger partial charge in [-0.05, 0) is 26.4 Å². The zero-order valence-corrected chi connectivity index (χ0v) is 7.49. The second-order valence-corrected chi connectivity index (χ2v) is 3.47. The van der Waals surface area contributed by atoms with E-state index in [1.807, 2.05) is 7.05 Å². The monoisotopic (exact) mass is 171 g/mol. The summed E-state index contributed by atoms with van der Waals surface area (Å²) in [6.07, 6.45) is 3.33. The van der Waals surface area contributed by atoms with Gasteiger partial charge in [0.15, 0.2) is 0 Å². The van der Waals surface area contributed by atoms with E-state index in [-0.39, 0.29) is 6.04 Å². The van der Waals surface area contributed by atoms with Crippen LogP contribution in [0.5, 0.6) is 0 Å². The highest BCUT2D eigenvalue weighted by Gasteiger charge is 2.27. The Bertz CT molecular complexity index is 172. The third-order valence-corrected chi connectivity index (χ3v) is 2.57. The Balaban J connectivity index is 2.53. The van der Waals surface area contributed by atoms with Crippen molar-refractivity contribution in [2.24, 2.45) is 11.5 Å². The Labute approximate surface area is 72.9 Å². The van der Waals surface area contributed by atoms with Crippen molar-refractivity contribution in [2.45, 2.75) is 31.3 Å². The van der Waals surface area contributed by atoms with Crippen LogP contribution in [0, 0.1) is 0 Å². The molecule has 1 saturated heterocycles. The van der Waals surface area contributed by atoms with Gasteiger partial charge in [0.1, 0.15) is 0 Å². The van der Waals surface area contributed by atoms with Crippen LogP contribution in [0.25, 0.3) is 0 Å². The quantitative estimate of drug-likeness (QED) is 0.576. The summed E-state index contributed by atoms with van der Waals surface area (Å²) in [6, 6.07) is -0.355. The first-order valence-corrected chi connectivity index (χ1v) is 4.38. The standard InChI is InChI=1S/C8H17N3O/c1-11-5-3-2-4-6(11)7(9)8(10)12/h6-7H,2-5,9H2,1H3,(H2,10,12). The van der Waals surface area contributed by atoms with Crippen molar-refractivity contribution >= 4 is 5.91 Å². The zero-order chi connectivity index (χ0) is 9.14. The molecule has 12 heavy (non-hydrogen) atoms. The molecule has 70 valence electrons. The van der Waals surface area contributed by atoms with Gasteiger partial charge in [-0.1, -0.05) is 6.42 Å². The molecule has 0 aromatic heterocycles. The van der Waals surface area contributed by atoms with Crippen LogP contribution < -0.4 is 11.5 Å². The van der Waals surface area contributed by atoms with Crippen LogP contribution >= 0.6 is 0 Å². The molecule has 1 heterocycles. The van der Waals surface area contributed by atoms with Crippen molar-refractivity contribution in [1.29, 1.82) is 0 Å². The third kappa shape index (κ3) is 1.95. The van der Waals surface area contributed by atoms with Gasteiger partial charge in [0.05, 0.1) is 6.04 Å². The minimum absolute atomic E-state index is 0.149. The van der Waals surface area contributed by atoms with Crippen molar-refractivity contribution in [1.82, 2.24) is 4.90 Å². The average molecular weight is 171 g/mol. The summed E-state index contributed by atoms with van der Waals surface area (Å²) in [7, 11) is 1.99. The number of carbonyl (C=O) groups is 1. The summed E-state index contributed by atoms with van der Waals surface area (Å²) >= 11 is 0. The van der Waals surface area contributed by atoms with Crippen molar-refractivity contribution in [3.63, 3.8) is 0 Å². The van der Waals surface area contributed by atoms with Crippen LogP contribution in [-0.2, 0) is 4.79 Å². The molecule has 4 nitrogen and oxygen atoms in total. The van der Waals surface area contributed by atoms with Crippen LogP contribution in [0.3, 0.4) is 0 Å². The lowest BCUT2D eigenvalue weighted by Crippen LogP contribution is -2.54. The van der Waals surface area contributed by atoms with Gasteiger partial charge in [0, 0.05) is 6.04 Å². The Morgan fingerprint density at radius 1 is 1.58 bits per heavy atom. The highest BCUT2D eigenvalue weighted by atomic mass is 16.1. The summed E-state index contributed by atoms with van der Waals surface area (Å²) in [5, 5.41) is 0. The molecule has 2 unspecified atom stereocenters. The minimum Gasteiger partial charge on any atom is -0.368 e. The first-order valence-electron chi connectivity index (χ1n) is 4.38. The fraction of sp³-hybridized carbons (Fsp3) is 0.875. The zero-order valence-electron chi connectivity index (χ0n) is 7.49. The van der Waals surface area contributed by atoms with E-state index in [4.69, 9.17) is 11.5 Å². The SMILES string of the molecule is CN1CCCCC1C(N)C(N)=O. The molecule has 1 aliphatic rings. The first-order chi connectivity index (χ1) is 5.63. The molecule has 1 rings (SSSR count). The number of nitrogens with two attached hydrogens (primary N) is 2. The fourth-order valence-corrected chi connectivity index (χ4v) is 1.74. The number of hydrogen-bond donors (Lipinski definition) is 2. The van der Waals surface area contributed by atoms with Gasteiger partial charge in [-0.2, -0.15) is 0 Å². The number of hydrogen-bond acceptors (Lipinski definition) is 3. The normalized spacial score (nSPS) is 28.3. The molecular formula is C8H17N3O. The largest absolute Gasteiger partial charge is 0.368 e. The van der Waals surface area contributed by atoms with Gasteiger partial charge in [-0.3, -0.25) is 4.79 Å². The van der Waals surface area contributed by atoms with Crippen LogP contribution in [0.1, 0.15) is 19.3 Å². The molecule has 0 bridgehead atoms. The van der Waals surface area contributed by atoms with Crippen molar-refractivity contribution < 1.29 is 4.79 Å². The lowest BCUT2D eigenvalue weighted by atomic mass is 9.96. The lowest BCUT2D eigenvalue weighted by molar-refractivity contribution is -0.120. The van der Waals surface area contributed by atoms with Gasteiger partial charge in [-0.15, -0.1) is 0 Å². The Morgan fingerprint density at radius 3 is 2.75 bits per heavy atom. The molecule has 4 N–H and O–H groups in total. The summed E-state index contributed by atoms with van der Waals surface area (Å²) in [5.41, 5.74) is 10.8. The van der Waals surface area contributed by atoms with Crippen molar-refractivity contribution in [3.8, 4) is 0 Å². The molecule has 0 aromatic carbocycles. The maximum atomic E-state index is 10.8. The number of carbonyl (C=O) groups excluding carboxylic acids is 1. The molecular weight excluding hydrogens is 154 g/mol. The molecule has 0 radical (unpaired) electrons. The van der Waals surface area contributed by atoms with E-state index in [9.17, 15) is 4.79 Å². The number of rotatable bonds is 2. The average Bonchev–Trinajstić information content (AvgIpc) is 2.04. The molecule has 1 aliphatic heterocycles. The smallest absolute Gasteiger partial charge is 0.235 e. The van der Waals surface area contributed by atoms with E-state index >= 15 is 0 Å². The molecule has 1 fully saturated rings. The molecule has 0 spiro atoms. The maximum Gasteiger partial charge on any atom is 0.235 e. The number of amides is 1. The highest BCUT2D eigenvalue weighted by molar-refractivity contribution is 5.80. The number of likely N-dealkylation sites (tertiary alicyclic amines) is 1. The van der Waals surface area contributed by atoms with Crippen molar-refractivity contribution in [3.05, 3.63) is 0 Å². The number of likely N-dealkylation sites (N-methyl/N-ethyl adjacent to an activating group) is 1. The topological polar surface area (TPSA) is 72.3 Å². The molecule has 0 aliphatic carbocycles. The van der Waals surface area contributed by atoms with Gasteiger partial charge in [-0.25, -0.2) is 0 Å². The maximum absolute atomic E-state index is 10.8. The number of primary amides is 1. The van der Waals surface area contributed by atoms with Crippen LogP contribution in [0.15, 0.2) is 0 Å². The predicted molar refractivity (Wildman–Crippen MR) is 47.4 cm³/mol. The molecule has 2 atom stereocenters. The number of piperidine rings is 1. The molecule has 0 aromatic rings. The van der Waals surface area contributed by atoms with Gasteiger partial charge < -0.3 is 16.4 Å². The van der Waals surface area contributed by atoms with E-state index in [1.165, 1.54) is 6.42 Å². The third-order valence-electron chi connectivity index (χ3n) is 2.57. The highest BCUT2D eigenvalue weighted by Crippen LogP contribution is 2.16. The van der Waals surface area contributed by atoms with Crippen LogP contribution in [0.4, 0.5) is 0 Å².